The fraction of sp³-hybridized carbons (Fsp3) is 0.211. The third kappa shape index (κ3) is 4.24. The molecule has 1 amide bonds. The number of carbonyl (C=O) groups excluding carboxylic acids is 1. The first kappa shape index (κ1) is 18.4. The smallest absolute Gasteiger partial charge is 0.251 e. The molecule has 2 heterocycles. The summed E-state index contributed by atoms with van der Waals surface area (Å²) >= 11 is 3.01. The van der Waals surface area contributed by atoms with Crippen LogP contribution in [0.5, 0.6) is 11.5 Å². The van der Waals surface area contributed by atoms with Crippen molar-refractivity contribution >= 4 is 28.6 Å². The van der Waals surface area contributed by atoms with E-state index in [0.717, 1.165) is 14.6 Å². The Hall–Kier alpha value is -2.35. The molecule has 0 radical (unpaired) electrons. The van der Waals surface area contributed by atoms with Crippen LogP contribution < -0.4 is 14.8 Å². The molecule has 1 aromatic carbocycles. The summed E-state index contributed by atoms with van der Waals surface area (Å²) < 4.78 is 10.4. The minimum Gasteiger partial charge on any atom is -0.497 e. The highest BCUT2D eigenvalue weighted by molar-refractivity contribution is 7.12. The average Bonchev–Trinajstić information content (AvgIpc) is 3.37. The highest BCUT2D eigenvalue weighted by Crippen LogP contribution is 2.31. The van der Waals surface area contributed by atoms with Crippen LogP contribution in [0.4, 0.5) is 0 Å². The summed E-state index contributed by atoms with van der Waals surface area (Å²) in [6.45, 7) is 0.389. The second-order valence-electron chi connectivity index (χ2n) is 5.51. The van der Waals surface area contributed by atoms with Gasteiger partial charge in [-0.1, -0.05) is 6.07 Å². The molecule has 0 fully saturated rings. The van der Waals surface area contributed by atoms with Crippen LogP contribution in [0, 0.1) is 0 Å². The number of ether oxygens (including phenoxy) is 2. The van der Waals surface area contributed by atoms with Gasteiger partial charge in [0.05, 0.1) is 20.8 Å². The van der Waals surface area contributed by atoms with Crippen molar-refractivity contribution in [2.45, 2.75) is 12.6 Å². The zero-order valence-electron chi connectivity index (χ0n) is 14.4. The minimum atomic E-state index is -0.618. The van der Waals surface area contributed by atoms with Gasteiger partial charge in [-0.2, -0.15) is 0 Å². The number of hydrogen-bond donors (Lipinski definition) is 2. The lowest BCUT2D eigenvalue weighted by atomic mass is 10.2. The van der Waals surface area contributed by atoms with Crippen LogP contribution in [-0.4, -0.2) is 25.2 Å². The van der Waals surface area contributed by atoms with Gasteiger partial charge in [0, 0.05) is 26.3 Å². The van der Waals surface area contributed by atoms with Gasteiger partial charge in [-0.05, 0) is 35.7 Å². The molecule has 1 atom stereocenters. The lowest BCUT2D eigenvalue weighted by molar-refractivity contribution is 0.0950. The molecule has 0 aliphatic heterocycles. The Morgan fingerprint density at radius 2 is 1.85 bits per heavy atom. The van der Waals surface area contributed by atoms with Crippen molar-refractivity contribution in [2.75, 3.05) is 14.2 Å². The fourth-order valence-corrected chi connectivity index (χ4v) is 4.19. The molecule has 0 unspecified atom stereocenters. The first-order valence-electron chi connectivity index (χ1n) is 7.92. The second kappa shape index (κ2) is 8.35. The molecule has 3 rings (SSSR count). The molecule has 0 saturated carbocycles. The average molecular weight is 389 g/mol. The molecule has 5 nitrogen and oxygen atoms in total. The van der Waals surface area contributed by atoms with Crippen molar-refractivity contribution < 1.29 is 19.4 Å². The summed E-state index contributed by atoms with van der Waals surface area (Å²) in [7, 11) is 3.09. The van der Waals surface area contributed by atoms with Crippen molar-refractivity contribution in [3.63, 3.8) is 0 Å². The first-order chi connectivity index (χ1) is 12.6. The van der Waals surface area contributed by atoms with E-state index in [-0.39, 0.29) is 5.91 Å². The zero-order valence-corrected chi connectivity index (χ0v) is 16.0. The predicted molar refractivity (Wildman–Crippen MR) is 103 cm³/mol. The number of carbonyl (C=O) groups is 1. The predicted octanol–water partition coefficient (Wildman–Crippen LogP) is 3.84. The fourth-order valence-electron chi connectivity index (χ4n) is 2.43. The third-order valence-electron chi connectivity index (χ3n) is 3.80. The molecule has 0 aliphatic rings. The highest BCUT2D eigenvalue weighted by atomic mass is 32.1. The Bertz CT molecular complexity index is 851. The summed E-state index contributed by atoms with van der Waals surface area (Å²) in [5, 5.41) is 15.2. The summed E-state index contributed by atoms with van der Waals surface area (Å²) in [5.41, 5.74) is 0.469. The van der Waals surface area contributed by atoms with Gasteiger partial charge in [0.1, 0.15) is 17.6 Å². The van der Waals surface area contributed by atoms with E-state index in [9.17, 15) is 9.90 Å². The van der Waals surface area contributed by atoms with Crippen LogP contribution in [0.25, 0.3) is 0 Å². The van der Waals surface area contributed by atoms with Crippen LogP contribution in [0.3, 0.4) is 0 Å². The van der Waals surface area contributed by atoms with E-state index in [2.05, 4.69) is 5.32 Å². The molecule has 7 heteroatoms. The number of thiophene rings is 2. The summed E-state index contributed by atoms with van der Waals surface area (Å²) in [6.07, 6.45) is -0.618. The molecule has 0 saturated heterocycles. The molecule has 2 N–H and O–H groups in total. The Labute approximate surface area is 159 Å². The minimum absolute atomic E-state index is 0.212. The number of methoxy groups -OCH3 is 2. The molecule has 0 spiro atoms. The van der Waals surface area contributed by atoms with E-state index in [0.29, 0.717) is 23.6 Å². The number of nitrogens with one attached hydrogen (secondary N) is 1. The number of aliphatic hydroxyl groups excluding tert-OH is 1. The van der Waals surface area contributed by atoms with Crippen molar-refractivity contribution in [3.8, 4) is 11.5 Å². The van der Waals surface area contributed by atoms with E-state index in [1.165, 1.54) is 22.7 Å². The Morgan fingerprint density at radius 1 is 1.12 bits per heavy atom. The van der Waals surface area contributed by atoms with Gasteiger partial charge >= 0.3 is 0 Å². The molecule has 136 valence electrons. The van der Waals surface area contributed by atoms with Crippen molar-refractivity contribution in [1.82, 2.24) is 5.32 Å². The van der Waals surface area contributed by atoms with Crippen molar-refractivity contribution in [1.29, 1.82) is 0 Å². The summed E-state index contributed by atoms with van der Waals surface area (Å²) in [4.78, 5) is 15.2. The van der Waals surface area contributed by atoms with E-state index in [1.54, 1.807) is 32.4 Å². The van der Waals surface area contributed by atoms with Crippen LogP contribution in [0.2, 0.25) is 0 Å². The number of aliphatic hydroxyl groups is 1. The van der Waals surface area contributed by atoms with Crippen LogP contribution in [0.1, 0.15) is 31.1 Å². The Kier molecular flexibility index (Phi) is 5.92. The zero-order chi connectivity index (χ0) is 18.5. The number of amides is 1. The highest BCUT2D eigenvalue weighted by Gasteiger charge is 2.15. The second-order valence-corrected chi connectivity index (χ2v) is 7.69. The SMILES string of the molecule is COc1cc(OC)cc(C(=O)NCc2ccc([C@H](O)c3cccs3)s2)c1. The van der Waals surface area contributed by atoms with Gasteiger partial charge in [0.2, 0.25) is 0 Å². The van der Waals surface area contributed by atoms with E-state index in [1.807, 2.05) is 29.6 Å². The molecular formula is C19H19NO4S2. The maximum Gasteiger partial charge on any atom is 0.251 e. The molecule has 26 heavy (non-hydrogen) atoms. The quantitative estimate of drug-likeness (QED) is 0.644. The number of hydrogen-bond acceptors (Lipinski definition) is 6. The van der Waals surface area contributed by atoms with E-state index in [4.69, 9.17) is 9.47 Å². The number of benzene rings is 1. The Morgan fingerprint density at radius 3 is 2.46 bits per heavy atom. The van der Waals surface area contributed by atoms with E-state index >= 15 is 0 Å². The van der Waals surface area contributed by atoms with Gasteiger partial charge < -0.3 is 19.9 Å². The third-order valence-corrected chi connectivity index (χ3v) is 5.86. The normalized spacial score (nSPS) is 11.8. The monoisotopic (exact) mass is 389 g/mol. The molecular weight excluding hydrogens is 370 g/mol. The van der Waals surface area contributed by atoms with Gasteiger partial charge in [-0.3, -0.25) is 4.79 Å². The van der Waals surface area contributed by atoms with Gasteiger partial charge in [-0.25, -0.2) is 0 Å². The van der Waals surface area contributed by atoms with Gasteiger partial charge in [0.15, 0.2) is 0 Å². The molecule has 2 aromatic heterocycles. The number of rotatable bonds is 7. The molecule has 3 aromatic rings. The van der Waals surface area contributed by atoms with Crippen molar-refractivity contribution in [2.24, 2.45) is 0 Å². The van der Waals surface area contributed by atoms with Crippen molar-refractivity contribution in [3.05, 3.63) is 68.0 Å². The molecule has 0 aliphatic carbocycles. The van der Waals surface area contributed by atoms with Gasteiger partial charge in [-0.15, -0.1) is 22.7 Å². The largest absolute Gasteiger partial charge is 0.497 e. The Balaban J connectivity index is 1.65. The maximum absolute atomic E-state index is 12.4. The van der Waals surface area contributed by atoms with Crippen LogP contribution >= 0.6 is 22.7 Å². The molecule has 0 bridgehead atoms. The lowest BCUT2D eigenvalue weighted by Crippen LogP contribution is -2.22. The summed E-state index contributed by atoms with van der Waals surface area (Å²) in [5.74, 6) is 0.912. The van der Waals surface area contributed by atoms with Crippen LogP contribution in [-0.2, 0) is 6.54 Å². The summed E-state index contributed by atoms with van der Waals surface area (Å²) in [6, 6.07) is 12.7. The van der Waals surface area contributed by atoms with Gasteiger partial charge in [0.25, 0.3) is 5.91 Å². The maximum atomic E-state index is 12.4. The van der Waals surface area contributed by atoms with Crippen LogP contribution in [0.15, 0.2) is 47.8 Å². The lowest BCUT2D eigenvalue weighted by Gasteiger charge is -2.09. The first-order valence-corrected chi connectivity index (χ1v) is 9.61. The topological polar surface area (TPSA) is 67.8 Å². The van der Waals surface area contributed by atoms with E-state index < -0.39 is 6.10 Å². The standard InChI is InChI=1S/C19H19NO4S2/c1-23-13-8-12(9-14(10-13)24-2)19(22)20-11-15-5-6-17(26-15)18(21)16-4-3-7-25-16/h3-10,18,21H,11H2,1-2H3,(H,20,22)/t18-/m1/s1.